The number of rotatable bonds is 0. The molecule has 0 rings (SSSR count). The first-order valence-electron chi connectivity index (χ1n) is 0.378. The SMILES string of the molecule is B.P.[SiH3]Cl. The first-order valence-corrected chi connectivity index (χ1v) is 3.40. The van der Waals surface area contributed by atoms with Crippen LogP contribution in [-0.2, 0) is 0 Å². The fourth-order valence-corrected chi connectivity index (χ4v) is 0. The zero-order chi connectivity index (χ0) is 2.00. The summed E-state index contributed by atoms with van der Waals surface area (Å²) in [6, 6.07) is 0. The number of hydrogen-bond donors (Lipinski definition) is 0. The number of halogens is 1. The van der Waals surface area contributed by atoms with Gasteiger partial charge in [0, 0.05) is 0 Å². The normalized spacial score (nSPS) is 2.25. The quantitative estimate of drug-likeness (QED) is 0.202. The van der Waals surface area contributed by atoms with Crippen LogP contribution in [-0.4, -0.2) is 18.0 Å². The maximum atomic E-state index is 4.78. The molecule has 0 aromatic rings. The molecule has 0 N–H and O–H groups in total. The van der Waals surface area contributed by atoms with E-state index in [2.05, 4.69) is 0 Å². The van der Waals surface area contributed by atoms with E-state index in [1.807, 2.05) is 0 Å². The molecule has 0 fully saturated rings. The highest BCUT2D eigenvalue weighted by Crippen LogP contribution is 1.29. The van der Waals surface area contributed by atoms with Gasteiger partial charge in [0.15, 0.2) is 0 Å². The third-order valence-electron chi connectivity index (χ3n) is 0. The Bertz CT molecular complexity index is 8.00. The molecule has 0 nitrogen and oxygen atoms in total. The molecule has 4 heteroatoms. The van der Waals surface area contributed by atoms with Crippen molar-refractivity contribution in [1.29, 1.82) is 0 Å². The van der Waals surface area contributed by atoms with Crippen LogP contribution in [0.3, 0.4) is 0 Å². The molecule has 0 aliphatic carbocycles. The smallest absolute Gasteiger partial charge is 0.109 e. The summed E-state index contributed by atoms with van der Waals surface area (Å²) in [4.78, 5) is 0. The van der Waals surface area contributed by atoms with Crippen molar-refractivity contribution in [2.24, 2.45) is 0 Å². The molecule has 0 saturated heterocycles. The summed E-state index contributed by atoms with van der Waals surface area (Å²) in [6.07, 6.45) is 0. The van der Waals surface area contributed by atoms with E-state index < -0.39 is 0 Å². The van der Waals surface area contributed by atoms with Crippen LogP contribution in [0.2, 0.25) is 0 Å². The van der Waals surface area contributed by atoms with Crippen LogP contribution in [0.5, 0.6) is 0 Å². The van der Waals surface area contributed by atoms with Gasteiger partial charge in [-0.05, 0) is 0 Å². The average molecular weight is 114 g/mol. The van der Waals surface area contributed by atoms with Crippen LogP contribution in [0.1, 0.15) is 0 Å². The Balaban J connectivity index is -0.00000000500. The molecule has 4 heavy (non-hydrogen) atoms. The molecule has 0 aromatic carbocycles. The van der Waals surface area contributed by atoms with Crippen molar-refractivity contribution in [3.05, 3.63) is 0 Å². The fraction of sp³-hybridized carbons (Fsp3) is 0. The van der Waals surface area contributed by atoms with Gasteiger partial charge >= 0.3 is 0 Å². The molecular weight excluding hydrogens is 105 g/mol. The van der Waals surface area contributed by atoms with Crippen molar-refractivity contribution < 1.29 is 0 Å². The molecule has 28 valence electrons. The van der Waals surface area contributed by atoms with E-state index in [9.17, 15) is 0 Å². The maximum absolute atomic E-state index is 4.78. The predicted molar refractivity (Wildman–Crippen MR) is 36.8 cm³/mol. The lowest BCUT2D eigenvalue weighted by atomic mass is 10.8. The van der Waals surface area contributed by atoms with Crippen LogP contribution in [0.4, 0.5) is 0 Å². The third-order valence-corrected chi connectivity index (χ3v) is 0. The molecule has 0 aliphatic heterocycles. The van der Waals surface area contributed by atoms with Gasteiger partial charge in [0.25, 0.3) is 0 Å². The Morgan fingerprint density at radius 1 is 1.25 bits per heavy atom. The molecule has 0 aliphatic rings. The van der Waals surface area contributed by atoms with E-state index in [-0.39, 0.29) is 18.3 Å². The van der Waals surface area contributed by atoms with Gasteiger partial charge in [-0.2, -0.15) is 21.0 Å². The van der Waals surface area contributed by atoms with E-state index >= 15 is 0 Å². The predicted octanol–water partition coefficient (Wildman–Crippen LogP) is -1.62. The van der Waals surface area contributed by atoms with Crippen LogP contribution in [0.15, 0.2) is 0 Å². The third kappa shape index (κ3) is 12.0. The van der Waals surface area contributed by atoms with E-state index in [0.29, 0.717) is 0 Å². The van der Waals surface area contributed by atoms with Gasteiger partial charge in [-0.3, -0.25) is 0 Å². The molecule has 1 atom stereocenters. The highest BCUT2D eigenvalue weighted by molar-refractivity contribution is 6.92. The van der Waals surface area contributed by atoms with Crippen molar-refractivity contribution >= 4 is 38.9 Å². The van der Waals surface area contributed by atoms with Gasteiger partial charge in [0.1, 0.15) is 9.55 Å². The van der Waals surface area contributed by atoms with E-state index in [4.69, 9.17) is 11.1 Å². The lowest BCUT2D eigenvalue weighted by Gasteiger charge is -1.05. The molecule has 0 amide bonds. The molecule has 1 unspecified atom stereocenters. The van der Waals surface area contributed by atoms with E-state index in [0.717, 1.165) is 9.55 Å². The van der Waals surface area contributed by atoms with Crippen LogP contribution >= 0.6 is 21.0 Å². The second kappa shape index (κ2) is 35.9. The van der Waals surface area contributed by atoms with Gasteiger partial charge in [0.05, 0.1) is 8.41 Å². The monoisotopic (exact) mass is 114 g/mol. The highest BCUT2D eigenvalue weighted by Gasteiger charge is 0.975. The average Bonchev–Trinajstić information content (AvgIpc) is 1.00. The lowest BCUT2D eigenvalue weighted by Crippen LogP contribution is -0.980. The Labute approximate surface area is 39.6 Å². The van der Waals surface area contributed by atoms with Gasteiger partial charge in [-0.25, -0.2) is 0 Å². The Morgan fingerprint density at radius 2 is 1.25 bits per heavy atom. The molecule has 0 saturated carbocycles. The standard InChI is InChI=1S/BH3.ClH3Si.H3P/c;1-2;/h1H3;2H3;1H3. The van der Waals surface area contributed by atoms with Crippen LogP contribution < -0.4 is 0 Å². The van der Waals surface area contributed by atoms with Crippen LogP contribution in [0, 0.1) is 0 Å². The lowest BCUT2D eigenvalue weighted by molar-refractivity contribution is 4.80. The molecule has 0 heterocycles. The summed E-state index contributed by atoms with van der Waals surface area (Å²) in [7, 11) is 0.778. The minimum atomic E-state index is 0. The second-order valence-corrected chi connectivity index (χ2v) is 0. The summed E-state index contributed by atoms with van der Waals surface area (Å²) in [6.45, 7) is 0. The fourth-order valence-electron chi connectivity index (χ4n) is 0. The van der Waals surface area contributed by atoms with Crippen molar-refractivity contribution in [2.45, 2.75) is 0 Å². The van der Waals surface area contributed by atoms with Crippen LogP contribution in [0.25, 0.3) is 0 Å². The van der Waals surface area contributed by atoms with E-state index in [1.54, 1.807) is 0 Å². The van der Waals surface area contributed by atoms with Gasteiger partial charge in [-0.1, -0.05) is 0 Å². The van der Waals surface area contributed by atoms with Crippen molar-refractivity contribution in [3.8, 4) is 0 Å². The zero-order valence-electron chi connectivity index (χ0n) is 2.09. The summed E-state index contributed by atoms with van der Waals surface area (Å²) in [5.41, 5.74) is 0. The van der Waals surface area contributed by atoms with Gasteiger partial charge in [-0.15, -0.1) is 0 Å². The Morgan fingerprint density at radius 3 is 1.25 bits per heavy atom. The first kappa shape index (κ1) is 20.0. The van der Waals surface area contributed by atoms with Crippen molar-refractivity contribution in [1.82, 2.24) is 0 Å². The largest absolute Gasteiger partial charge is 0.181 e. The molecule has 0 bridgehead atoms. The van der Waals surface area contributed by atoms with Crippen molar-refractivity contribution in [2.75, 3.05) is 0 Å². The first-order chi connectivity index (χ1) is 1.00. The Kier molecular flexibility index (Phi) is 180. The minimum Gasteiger partial charge on any atom is -0.181 e. The minimum absolute atomic E-state index is 0. The zero-order valence-corrected chi connectivity index (χ0v) is 6.26. The molecular formula is H9BClPSi. The van der Waals surface area contributed by atoms with Gasteiger partial charge < -0.3 is 0 Å². The van der Waals surface area contributed by atoms with Crippen molar-refractivity contribution in [3.63, 3.8) is 0 Å². The second-order valence-electron chi connectivity index (χ2n) is 0. The van der Waals surface area contributed by atoms with Gasteiger partial charge in [0.2, 0.25) is 0 Å². The molecule has 0 aromatic heterocycles. The summed E-state index contributed by atoms with van der Waals surface area (Å²) < 4.78 is 0. The topological polar surface area (TPSA) is 0 Å². The van der Waals surface area contributed by atoms with E-state index in [1.165, 1.54) is 0 Å². The Hall–Kier alpha value is 1.00. The summed E-state index contributed by atoms with van der Waals surface area (Å²) in [5, 5.41) is 0. The summed E-state index contributed by atoms with van der Waals surface area (Å²) >= 11 is 4.78. The highest BCUT2D eigenvalue weighted by atomic mass is 35.6. The maximum Gasteiger partial charge on any atom is 0.109 e. The number of hydrogen-bond acceptors (Lipinski definition) is 0. The summed E-state index contributed by atoms with van der Waals surface area (Å²) in [5.74, 6) is 0. The molecule has 0 radical (unpaired) electrons. The molecule has 0 spiro atoms.